The maximum Gasteiger partial charge on any atom is 0.224 e. The van der Waals surface area contributed by atoms with Gasteiger partial charge in [-0.3, -0.25) is 4.68 Å². The molecule has 2 aromatic heterocycles. The Hall–Kier alpha value is -1.69. The van der Waals surface area contributed by atoms with Crippen LogP contribution in [0, 0.1) is 6.92 Å². The Labute approximate surface area is 104 Å². The van der Waals surface area contributed by atoms with Crippen LogP contribution in [0.5, 0.6) is 0 Å². The maximum absolute atomic E-state index is 5.76. The van der Waals surface area contributed by atoms with Crippen LogP contribution in [-0.2, 0) is 13.5 Å². The molecule has 90 valence electrons. The number of nitrogens with zero attached hydrogens (tertiary/aromatic N) is 5. The van der Waals surface area contributed by atoms with E-state index in [1.165, 1.54) is 0 Å². The van der Waals surface area contributed by atoms with Crippen LogP contribution >= 0.6 is 11.6 Å². The minimum absolute atomic E-state index is 0.253. The van der Waals surface area contributed by atoms with Crippen molar-refractivity contribution in [3.63, 3.8) is 0 Å². The van der Waals surface area contributed by atoms with Crippen LogP contribution in [0.25, 0.3) is 0 Å². The SMILES string of the molecule is Cc1cc(NCCc2ncn(C)n2)nc(Cl)n1. The van der Waals surface area contributed by atoms with E-state index >= 15 is 0 Å². The summed E-state index contributed by atoms with van der Waals surface area (Å²) in [4.78, 5) is 12.2. The first-order chi connectivity index (χ1) is 8.13. The summed E-state index contributed by atoms with van der Waals surface area (Å²) in [7, 11) is 1.84. The molecule has 1 N–H and O–H groups in total. The molecule has 0 aliphatic carbocycles. The van der Waals surface area contributed by atoms with Crippen molar-refractivity contribution >= 4 is 17.4 Å². The summed E-state index contributed by atoms with van der Waals surface area (Å²) >= 11 is 5.76. The monoisotopic (exact) mass is 252 g/mol. The maximum atomic E-state index is 5.76. The summed E-state index contributed by atoms with van der Waals surface area (Å²) in [6.45, 7) is 2.58. The highest BCUT2D eigenvalue weighted by Gasteiger charge is 2.01. The molecule has 0 fully saturated rings. The van der Waals surface area contributed by atoms with Gasteiger partial charge in [0.2, 0.25) is 5.28 Å². The Morgan fingerprint density at radius 2 is 2.24 bits per heavy atom. The van der Waals surface area contributed by atoms with Gasteiger partial charge in [0.25, 0.3) is 0 Å². The molecule has 0 bridgehead atoms. The molecule has 7 heteroatoms. The Bertz CT molecular complexity index is 489. The largest absolute Gasteiger partial charge is 0.369 e. The molecule has 0 saturated carbocycles. The lowest BCUT2D eigenvalue weighted by molar-refractivity contribution is 0.741. The smallest absolute Gasteiger partial charge is 0.224 e. The second-order valence-corrected chi connectivity index (χ2v) is 4.01. The first-order valence-electron chi connectivity index (χ1n) is 5.23. The van der Waals surface area contributed by atoms with E-state index in [1.807, 2.05) is 20.0 Å². The fraction of sp³-hybridized carbons (Fsp3) is 0.400. The number of aryl methyl sites for hydroxylation is 2. The van der Waals surface area contributed by atoms with Gasteiger partial charge in [-0.2, -0.15) is 5.10 Å². The lowest BCUT2D eigenvalue weighted by atomic mass is 10.4. The molecule has 0 aliphatic heterocycles. The van der Waals surface area contributed by atoms with Crippen molar-refractivity contribution in [2.24, 2.45) is 7.05 Å². The minimum Gasteiger partial charge on any atom is -0.369 e. The second-order valence-electron chi connectivity index (χ2n) is 3.67. The van der Waals surface area contributed by atoms with Crippen LogP contribution < -0.4 is 5.32 Å². The molecule has 17 heavy (non-hydrogen) atoms. The minimum atomic E-state index is 0.253. The number of nitrogens with one attached hydrogen (secondary N) is 1. The van der Waals surface area contributed by atoms with Crippen molar-refractivity contribution in [1.29, 1.82) is 0 Å². The molecular weight excluding hydrogens is 240 g/mol. The molecule has 0 saturated heterocycles. The van der Waals surface area contributed by atoms with Gasteiger partial charge >= 0.3 is 0 Å². The van der Waals surface area contributed by atoms with Crippen molar-refractivity contribution in [3.05, 3.63) is 29.2 Å². The van der Waals surface area contributed by atoms with Crippen LogP contribution in [0.1, 0.15) is 11.5 Å². The van der Waals surface area contributed by atoms with E-state index in [2.05, 4.69) is 25.4 Å². The molecular formula is C10H13ClN6. The lowest BCUT2D eigenvalue weighted by Crippen LogP contribution is -2.08. The summed E-state index contributed by atoms with van der Waals surface area (Å²) in [6, 6.07) is 1.84. The number of aromatic nitrogens is 5. The predicted octanol–water partition coefficient (Wildman–Crippen LogP) is 1.22. The van der Waals surface area contributed by atoms with Crippen LogP contribution in [0.3, 0.4) is 0 Å². The summed E-state index contributed by atoms with van der Waals surface area (Å²) in [5, 5.41) is 7.60. The number of halogens is 1. The zero-order chi connectivity index (χ0) is 12.3. The zero-order valence-electron chi connectivity index (χ0n) is 9.68. The van der Waals surface area contributed by atoms with Gasteiger partial charge in [0.1, 0.15) is 12.1 Å². The van der Waals surface area contributed by atoms with E-state index < -0.39 is 0 Å². The topological polar surface area (TPSA) is 68.5 Å². The van der Waals surface area contributed by atoms with Crippen LogP contribution in [0.2, 0.25) is 5.28 Å². The average Bonchev–Trinajstić information content (AvgIpc) is 2.63. The van der Waals surface area contributed by atoms with Crippen molar-refractivity contribution in [3.8, 4) is 0 Å². The third-order valence-electron chi connectivity index (χ3n) is 2.13. The van der Waals surface area contributed by atoms with Gasteiger partial charge in [0, 0.05) is 31.8 Å². The number of anilines is 1. The Kier molecular flexibility index (Phi) is 3.53. The van der Waals surface area contributed by atoms with Crippen molar-refractivity contribution in [1.82, 2.24) is 24.7 Å². The van der Waals surface area contributed by atoms with Crippen molar-refractivity contribution in [2.45, 2.75) is 13.3 Å². The average molecular weight is 253 g/mol. The Morgan fingerprint density at radius 1 is 1.41 bits per heavy atom. The molecule has 0 radical (unpaired) electrons. The fourth-order valence-corrected chi connectivity index (χ4v) is 1.65. The molecule has 0 amide bonds. The van der Waals surface area contributed by atoms with Gasteiger partial charge in [-0.05, 0) is 18.5 Å². The van der Waals surface area contributed by atoms with Crippen LogP contribution in [-0.4, -0.2) is 31.3 Å². The van der Waals surface area contributed by atoms with Gasteiger partial charge in [0.05, 0.1) is 0 Å². The van der Waals surface area contributed by atoms with Gasteiger partial charge in [0.15, 0.2) is 5.82 Å². The molecule has 0 unspecified atom stereocenters. The summed E-state index contributed by atoms with van der Waals surface area (Å²) in [6.07, 6.45) is 2.42. The molecule has 0 spiro atoms. The number of rotatable bonds is 4. The van der Waals surface area contributed by atoms with Gasteiger partial charge in [-0.15, -0.1) is 0 Å². The van der Waals surface area contributed by atoms with Crippen LogP contribution in [0.15, 0.2) is 12.4 Å². The van der Waals surface area contributed by atoms with E-state index in [0.717, 1.165) is 23.8 Å². The molecule has 2 rings (SSSR count). The van der Waals surface area contributed by atoms with E-state index in [1.54, 1.807) is 11.0 Å². The van der Waals surface area contributed by atoms with E-state index in [4.69, 9.17) is 11.6 Å². The molecule has 2 heterocycles. The van der Waals surface area contributed by atoms with Crippen LogP contribution in [0.4, 0.5) is 5.82 Å². The highest BCUT2D eigenvalue weighted by Crippen LogP contribution is 2.09. The van der Waals surface area contributed by atoms with E-state index in [9.17, 15) is 0 Å². The highest BCUT2D eigenvalue weighted by molar-refractivity contribution is 6.28. The molecule has 6 nitrogen and oxygen atoms in total. The molecule has 2 aromatic rings. The van der Waals surface area contributed by atoms with Crippen molar-refractivity contribution < 1.29 is 0 Å². The lowest BCUT2D eigenvalue weighted by Gasteiger charge is -2.04. The summed E-state index contributed by atoms with van der Waals surface area (Å²) in [5.41, 5.74) is 0.837. The van der Waals surface area contributed by atoms with Gasteiger partial charge in [-0.25, -0.2) is 15.0 Å². The Balaban J connectivity index is 1.89. The predicted molar refractivity (Wildman–Crippen MR) is 65.0 cm³/mol. The first kappa shape index (κ1) is 11.8. The fourth-order valence-electron chi connectivity index (χ4n) is 1.42. The third kappa shape index (κ3) is 3.39. The van der Waals surface area contributed by atoms with Gasteiger partial charge < -0.3 is 5.32 Å². The molecule has 0 atom stereocenters. The molecule has 0 aromatic carbocycles. The van der Waals surface area contributed by atoms with Crippen molar-refractivity contribution in [2.75, 3.05) is 11.9 Å². The standard InChI is InChI=1S/C10H13ClN6/c1-7-5-9(15-10(11)14-7)12-4-3-8-13-6-17(2)16-8/h5-6H,3-4H2,1-2H3,(H,12,14,15). The quantitative estimate of drug-likeness (QED) is 0.829. The molecule has 0 aliphatic rings. The summed E-state index contributed by atoms with van der Waals surface area (Å²) in [5.74, 6) is 1.52. The third-order valence-corrected chi connectivity index (χ3v) is 2.30. The zero-order valence-corrected chi connectivity index (χ0v) is 10.4. The van der Waals surface area contributed by atoms with Gasteiger partial charge in [-0.1, -0.05) is 0 Å². The first-order valence-corrected chi connectivity index (χ1v) is 5.61. The normalized spacial score (nSPS) is 10.5. The number of hydrogen-bond donors (Lipinski definition) is 1. The number of hydrogen-bond acceptors (Lipinski definition) is 5. The summed E-state index contributed by atoms with van der Waals surface area (Å²) < 4.78 is 1.68. The highest BCUT2D eigenvalue weighted by atomic mass is 35.5. The van der Waals surface area contributed by atoms with E-state index in [0.29, 0.717) is 6.54 Å². The Morgan fingerprint density at radius 3 is 2.88 bits per heavy atom. The van der Waals surface area contributed by atoms with E-state index in [-0.39, 0.29) is 5.28 Å². The second kappa shape index (κ2) is 5.09.